The molecule has 0 aliphatic carbocycles. The van der Waals surface area contributed by atoms with Crippen LogP contribution in [0.15, 0.2) is 66.7 Å². The molecular weight excluding hydrogens is 276 g/mol. The van der Waals surface area contributed by atoms with Gasteiger partial charge in [-0.15, -0.1) is 0 Å². The Morgan fingerprint density at radius 1 is 0.864 bits per heavy atom. The molecule has 1 atom stereocenters. The Morgan fingerprint density at radius 3 is 2.41 bits per heavy atom. The number of ether oxygens (including phenoxy) is 2. The van der Waals surface area contributed by atoms with Gasteiger partial charge in [0.15, 0.2) is 5.60 Å². The molecule has 3 nitrogen and oxygen atoms in total. The lowest BCUT2D eigenvalue weighted by atomic mass is 9.83. The third-order valence-electron chi connectivity index (χ3n) is 4.17. The second-order valence-corrected chi connectivity index (χ2v) is 5.51. The topological polar surface area (TPSA) is 35.5 Å². The van der Waals surface area contributed by atoms with Crippen LogP contribution in [0.2, 0.25) is 0 Å². The van der Waals surface area contributed by atoms with E-state index < -0.39 is 11.8 Å². The molecule has 3 aromatic carbocycles. The number of hydrogen-bond acceptors (Lipinski definition) is 3. The molecule has 1 aliphatic rings. The summed E-state index contributed by atoms with van der Waals surface area (Å²) in [7, 11) is 0. The number of carbonyl (C=O) groups is 1. The maximum Gasteiger partial charge on any atom is 0.515 e. The third-order valence-corrected chi connectivity index (χ3v) is 4.17. The van der Waals surface area contributed by atoms with Crippen molar-refractivity contribution in [2.45, 2.75) is 12.5 Å². The SMILES string of the molecule is CC1(c2ccccc2)OC(=O)Oc2ccc3ccccc3c21. The van der Waals surface area contributed by atoms with E-state index in [2.05, 4.69) is 0 Å². The van der Waals surface area contributed by atoms with Crippen LogP contribution in [-0.4, -0.2) is 6.16 Å². The standard InChI is InChI=1S/C19H14O3/c1-19(14-8-3-2-4-9-14)17-15-10-6-5-7-13(15)11-12-16(17)21-18(20)22-19/h2-12H,1H3. The first-order valence-corrected chi connectivity index (χ1v) is 7.17. The smallest absolute Gasteiger partial charge is 0.418 e. The lowest BCUT2D eigenvalue weighted by Crippen LogP contribution is -2.36. The van der Waals surface area contributed by atoms with E-state index in [1.807, 2.05) is 73.7 Å². The van der Waals surface area contributed by atoms with Crippen molar-refractivity contribution < 1.29 is 14.3 Å². The highest BCUT2D eigenvalue weighted by molar-refractivity contribution is 5.91. The van der Waals surface area contributed by atoms with Gasteiger partial charge in [-0.1, -0.05) is 60.7 Å². The largest absolute Gasteiger partial charge is 0.515 e. The minimum absolute atomic E-state index is 0.557. The summed E-state index contributed by atoms with van der Waals surface area (Å²) in [5.74, 6) is 0.557. The van der Waals surface area contributed by atoms with E-state index in [0.29, 0.717) is 5.75 Å². The maximum absolute atomic E-state index is 11.9. The predicted octanol–water partition coefficient (Wildman–Crippen LogP) is 4.63. The van der Waals surface area contributed by atoms with Gasteiger partial charge >= 0.3 is 6.16 Å². The molecule has 0 radical (unpaired) electrons. The van der Waals surface area contributed by atoms with Gasteiger partial charge in [0.25, 0.3) is 0 Å². The van der Waals surface area contributed by atoms with Crippen LogP contribution >= 0.6 is 0 Å². The quantitative estimate of drug-likeness (QED) is 0.484. The molecule has 0 spiro atoms. The molecule has 0 saturated heterocycles. The fraction of sp³-hybridized carbons (Fsp3) is 0.105. The summed E-state index contributed by atoms with van der Waals surface area (Å²) >= 11 is 0. The summed E-state index contributed by atoms with van der Waals surface area (Å²) in [5, 5.41) is 2.11. The zero-order valence-electron chi connectivity index (χ0n) is 12.1. The molecule has 0 aromatic heterocycles. The van der Waals surface area contributed by atoms with Crippen LogP contribution in [0, 0.1) is 0 Å². The molecule has 1 unspecified atom stereocenters. The first kappa shape index (κ1) is 12.9. The predicted molar refractivity (Wildman–Crippen MR) is 84.0 cm³/mol. The van der Waals surface area contributed by atoms with Gasteiger partial charge in [0, 0.05) is 5.56 Å². The second kappa shape index (κ2) is 4.60. The molecule has 1 aliphatic heterocycles. The van der Waals surface area contributed by atoms with E-state index in [1.165, 1.54) is 0 Å². The first-order chi connectivity index (χ1) is 10.7. The van der Waals surface area contributed by atoms with Gasteiger partial charge < -0.3 is 9.47 Å². The highest BCUT2D eigenvalue weighted by Crippen LogP contribution is 2.45. The van der Waals surface area contributed by atoms with Crippen molar-refractivity contribution in [1.82, 2.24) is 0 Å². The molecule has 22 heavy (non-hydrogen) atoms. The molecule has 3 aromatic rings. The Labute approximate surface area is 128 Å². The minimum Gasteiger partial charge on any atom is -0.418 e. The Hall–Kier alpha value is -2.81. The number of fused-ring (bicyclic) bond motifs is 3. The zero-order chi connectivity index (χ0) is 15.2. The van der Waals surface area contributed by atoms with E-state index in [1.54, 1.807) is 0 Å². The number of benzene rings is 3. The van der Waals surface area contributed by atoms with E-state index in [-0.39, 0.29) is 0 Å². The van der Waals surface area contributed by atoms with Gasteiger partial charge in [-0.25, -0.2) is 4.79 Å². The number of hydrogen-bond donors (Lipinski definition) is 0. The summed E-state index contributed by atoms with van der Waals surface area (Å²) in [5.41, 5.74) is 0.938. The van der Waals surface area contributed by atoms with E-state index in [9.17, 15) is 4.79 Å². The summed E-state index contributed by atoms with van der Waals surface area (Å²) in [4.78, 5) is 11.9. The van der Waals surface area contributed by atoms with Gasteiger partial charge in [-0.3, -0.25) is 0 Å². The monoisotopic (exact) mass is 290 g/mol. The fourth-order valence-electron chi connectivity index (χ4n) is 3.12. The summed E-state index contributed by atoms with van der Waals surface area (Å²) in [6, 6.07) is 21.6. The highest BCUT2D eigenvalue weighted by Gasteiger charge is 2.42. The van der Waals surface area contributed by atoms with E-state index in [4.69, 9.17) is 9.47 Å². The van der Waals surface area contributed by atoms with Crippen molar-refractivity contribution in [3.63, 3.8) is 0 Å². The molecule has 0 N–H and O–H groups in total. The molecule has 3 heteroatoms. The van der Waals surface area contributed by atoms with Crippen molar-refractivity contribution >= 4 is 16.9 Å². The first-order valence-electron chi connectivity index (χ1n) is 7.17. The molecule has 0 amide bonds. The van der Waals surface area contributed by atoms with Crippen LogP contribution < -0.4 is 4.74 Å². The van der Waals surface area contributed by atoms with Crippen LogP contribution in [-0.2, 0) is 10.3 Å². The van der Waals surface area contributed by atoms with Crippen molar-refractivity contribution in [3.05, 3.63) is 77.9 Å². The Morgan fingerprint density at radius 2 is 1.59 bits per heavy atom. The second-order valence-electron chi connectivity index (χ2n) is 5.51. The van der Waals surface area contributed by atoms with Crippen LogP contribution in [0.5, 0.6) is 5.75 Å². The Kier molecular flexibility index (Phi) is 2.70. The van der Waals surface area contributed by atoms with E-state index >= 15 is 0 Å². The molecule has 4 rings (SSSR count). The lowest BCUT2D eigenvalue weighted by Gasteiger charge is -2.35. The normalized spacial score (nSPS) is 20.1. The minimum atomic E-state index is -0.868. The number of carbonyl (C=O) groups excluding carboxylic acids is 1. The molecule has 0 saturated carbocycles. The summed E-state index contributed by atoms with van der Waals surface area (Å²) < 4.78 is 10.9. The zero-order valence-corrected chi connectivity index (χ0v) is 12.1. The van der Waals surface area contributed by atoms with Crippen molar-refractivity contribution in [2.24, 2.45) is 0 Å². The average Bonchev–Trinajstić information content (AvgIpc) is 2.55. The van der Waals surface area contributed by atoms with Crippen molar-refractivity contribution in [2.75, 3.05) is 0 Å². The number of rotatable bonds is 1. The molecule has 0 bridgehead atoms. The fourth-order valence-corrected chi connectivity index (χ4v) is 3.12. The lowest BCUT2D eigenvalue weighted by molar-refractivity contribution is 0.00344. The highest BCUT2D eigenvalue weighted by atomic mass is 16.7. The maximum atomic E-state index is 11.9. The summed E-state index contributed by atoms with van der Waals surface area (Å²) in [6.45, 7) is 1.91. The van der Waals surface area contributed by atoms with Gasteiger partial charge in [0.1, 0.15) is 5.75 Å². The molecule has 1 heterocycles. The van der Waals surface area contributed by atoms with Gasteiger partial charge in [0.2, 0.25) is 0 Å². The van der Waals surface area contributed by atoms with Crippen LogP contribution in [0.4, 0.5) is 4.79 Å². The van der Waals surface area contributed by atoms with Crippen molar-refractivity contribution in [1.29, 1.82) is 0 Å². The molecule has 108 valence electrons. The number of cyclic esters (lactones) is 1. The van der Waals surface area contributed by atoms with Crippen LogP contribution in [0.25, 0.3) is 10.8 Å². The average molecular weight is 290 g/mol. The van der Waals surface area contributed by atoms with Crippen LogP contribution in [0.1, 0.15) is 18.1 Å². The van der Waals surface area contributed by atoms with Crippen LogP contribution in [0.3, 0.4) is 0 Å². The Bertz CT molecular complexity index is 870. The van der Waals surface area contributed by atoms with Gasteiger partial charge in [-0.05, 0) is 23.8 Å². The van der Waals surface area contributed by atoms with E-state index in [0.717, 1.165) is 21.9 Å². The molecule has 0 fully saturated rings. The van der Waals surface area contributed by atoms with Gasteiger partial charge in [0.05, 0.1) is 5.56 Å². The summed E-state index contributed by atoms with van der Waals surface area (Å²) in [6.07, 6.45) is -0.672. The Balaban J connectivity index is 2.08. The molecular formula is C19H14O3. The van der Waals surface area contributed by atoms with Crippen molar-refractivity contribution in [3.8, 4) is 5.75 Å². The van der Waals surface area contributed by atoms with Gasteiger partial charge in [-0.2, -0.15) is 0 Å². The third kappa shape index (κ3) is 1.79.